The van der Waals surface area contributed by atoms with Crippen molar-refractivity contribution in [2.24, 2.45) is 5.92 Å². The van der Waals surface area contributed by atoms with E-state index in [9.17, 15) is 4.79 Å². The molecule has 0 aromatic heterocycles. The molecule has 4 nitrogen and oxygen atoms in total. The van der Waals surface area contributed by atoms with Crippen LogP contribution in [0.5, 0.6) is 0 Å². The first-order chi connectivity index (χ1) is 8.19. The summed E-state index contributed by atoms with van der Waals surface area (Å²) >= 11 is 0. The normalized spacial score (nSPS) is 13.8. The van der Waals surface area contributed by atoms with Gasteiger partial charge in [0.25, 0.3) is 0 Å². The van der Waals surface area contributed by atoms with E-state index < -0.39 is 5.60 Å². The summed E-state index contributed by atoms with van der Waals surface area (Å²) < 4.78 is 5.30. The highest BCUT2D eigenvalue weighted by atomic mass is 16.6. The molecule has 1 atom stereocenters. The number of rotatable bonds is 6. The summed E-state index contributed by atoms with van der Waals surface area (Å²) in [5, 5.41) is 2.97. The number of alkyl carbamates (subject to hydrolysis) is 1. The minimum atomic E-state index is -0.444. The van der Waals surface area contributed by atoms with Gasteiger partial charge < -0.3 is 15.0 Å². The van der Waals surface area contributed by atoms with Gasteiger partial charge in [-0.1, -0.05) is 27.7 Å². The van der Waals surface area contributed by atoms with E-state index in [0.717, 1.165) is 19.6 Å². The maximum atomic E-state index is 11.8. The largest absolute Gasteiger partial charge is 0.444 e. The Balaban J connectivity index is 4.40. The van der Waals surface area contributed by atoms with Crippen LogP contribution in [0.3, 0.4) is 0 Å². The SMILES string of the molecule is CCN(CC)CC(NC(=O)OC(C)(C)C)C(C)C. The highest BCUT2D eigenvalue weighted by Gasteiger charge is 2.22. The topological polar surface area (TPSA) is 41.6 Å². The summed E-state index contributed by atoms with van der Waals surface area (Å²) in [4.78, 5) is 14.1. The average Bonchev–Trinajstić information content (AvgIpc) is 2.21. The van der Waals surface area contributed by atoms with Crippen molar-refractivity contribution < 1.29 is 9.53 Å². The van der Waals surface area contributed by atoms with Crippen molar-refractivity contribution in [3.8, 4) is 0 Å². The fourth-order valence-electron chi connectivity index (χ4n) is 1.64. The minimum Gasteiger partial charge on any atom is -0.444 e. The molecule has 4 heteroatoms. The second-order valence-electron chi connectivity index (χ2n) is 5.98. The smallest absolute Gasteiger partial charge is 0.407 e. The number of hydrogen-bond acceptors (Lipinski definition) is 3. The number of ether oxygens (including phenoxy) is 1. The van der Waals surface area contributed by atoms with Gasteiger partial charge in [-0.25, -0.2) is 4.79 Å². The summed E-state index contributed by atoms with van der Waals surface area (Å²) in [5.41, 5.74) is -0.444. The second-order valence-corrected chi connectivity index (χ2v) is 5.98. The molecule has 1 unspecified atom stereocenters. The molecule has 0 radical (unpaired) electrons. The van der Waals surface area contributed by atoms with Crippen LogP contribution >= 0.6 is 0 Å². The molecule has 0 bridgehead atoms. The molecule has 0 aromatic carbocycles. The van der Waals surface area contributed by atoms with Crippen LogP contribution in [-0.2, 0) is 4.74 Å². The van der Waals surface area contributed by atoms with Crippen molar-refractivity contribution in [2.75, 3.05) is 19.6 Å². The van der Waals surface area contributed by atoms with Crippen LogP contribution in [0.2, 0.25) is 0 Å². The molecule has 18 heavy (non-hydrogen) atoms. The van der Waals surface area contributed by atoms with Crippen LogP contribution in [0, 0.1) is 5.92 Å². The maximum Gasteiger partial charge on any atom is 0.407 e. The Kier molecular flexibility index (Phi) is 7.29. The zero-order chi connectivity index (χ0) is 14.3. The van der Waals surface area contributed by atoms with Gasteiger partial charge in [-0.3, -0.25) is 0 Å². The van der Waals surface area contributed by atoms with Crippen molar-refractivity contribution in [3.63, 3.8) is 0 Å². The zero-order valence-corrected chi connectivity index (χ0v) is 13.0. The molecule has 0 fully saturated rings. The molecule has 0 saturated heterocycles. The monoisotopic (exact) mass is 258 g/mol. The van der Waals surface area contributed by atoms with Gasteiger partial charge in [-0.15, -0.1) is 0 Å². The van der Waals surface area contributed by atoms with Crippen LogP contribution in [0.1, 0.15) is 48.5 Å². The fraction of sp³-hybridized carbons (Fsp3) is 0.929. The Bertz CT molecular complexity index is 243. The first-order valence-corrected chi connectivity index (χ1v) is 6.91. The molecule has 0 aliphatic carbocycles. The molecule has 0 aromatic rings. The van der Waals surface area contributed by atoms with Gasteiger partial charge in [0, 0.05) is 12.6 Å². The van der Waals surface area contributed by atoms with Crippen molar-refractivity contribution in [3.05, 3.63) is 0 Å². The lowest BCUT2D eigenvalue weighted by atomic mass is 10.0. The zero-order valence-electron chi connectivity index (χ0n) is 13.0. The molecule has 0 aliphatic heterocycles. The average molecular weight is 258 g/mol. The van der Waals surface area contributed by atoms with E-state index in [1.807, 2.05) is 20.8 Å². The number of carbonyl (C=O) groups excluding carboxylic acids is 1. The Morgan fingerprint density at radius 2 is 1.72 bits per heavy atom. The van der Waals surface area contributed by atoms with Gasteiger partial charge in [0.2, 0.25) is 0 Å². The molecular weight excluding hydrogens is 228 g/mol. The van der Waals surface area contributed by atoms with Gasteiger partial charge >= 0.3 is 6.09 Å². The van der Waals surface area contributed by atoms with E-state index >= 15 is 0 Å². The molecule has 0 rings (SSSR count). The molecule has 0 aliphatic rings. The quantitative estimate of drug-likeness (QED) is 0.796. The van der Waals surface area contributed by atoms with E-state index in [2.05, 4.69) is 37.9 Å². The summed E-state index contributed by atoms with van der Waals surface area (Å²) in [6, 6.07) is 0.125. The van der Waals surface area contributed by atoms with Crippen molar-refractivity contribution in [1.29, 1.82) is 0 Å². The van der Waals surface area contributed by atoms with E-state index in [0.29, 0.717) is 5.92 Å². The van der Waals surface area contributed by atoms with Gasteiger partial charge in [0.05, 0.1) is 0 Å². The molecule has 1 amide bonds. The first-order valence-electron chi connectivity index (χ1n) is 6.91. The summed E-state index contributed by atoms with van der Waals surface area (Å²) in [7, 11) is 0. The predicted molar refractivity (Wildman–Crippen MR) is 75.8 cm³/mol. The third kappa shape index (κ3) is 7.54. The molecule has 0 saturated carbocycles. The maximum absolute atomic E-state index is 11.8. The Morgan fingerprint density at radius 1 is 1.22 bits per heavy atom. The molecule has 0 heterocycles. The number of carbonyl (C=O) groups is 1. The Labute approximate surface area is 112 Å². The number of nitrogens with zero attached hydrogens (tertiary/aromatic N) is 1. The summed E-state index contributed by atoms with van der Waals surface area (Å²) in [6.07, 6.45) is -0.326. The fourth-order valence-corrected chi connectivity index (χ4v) is 1.64. The number of hydrogen-bond donors (Lipinski definition) is 1. The highest BCUT2D eigenvalue weighted by Crippen LogP contribution is 2.09. The second kappa shape index (κ2) is 7.62. The van der Waals surface area contributed by atoms with Crippen molar-refractivity contribution in [1.82, 2.24) is 10.2 Å². The predicted octanol–water partition coefficient (Wildman–Crippen LogP) is 2.88. The number of amides is 1. The van der Waals surface area contributed by atoms with Crippen LogP contribution < -0.4 is 5.32 Å². The Hall–Kier alpha value is -0.770. The van der Waals surface area contributed by atoms with Gasteiger partial charge in [-0.2, -0.15) is 0 Å². The first kappa shape index (κ1) is 17.2. The molecular formula is C14H30N2O2. The van der Waals surface area contributed by atoms with E-state index in [1.54, 1.807) is 0 Å². The highest BCUT2D eigenvalue weighted by molar-refractivity contribution is 5.68. The number of nitrogens with one attached hydrogen (secondary N) is 1. The minimum absolute atomic E-state index is 0.125. The summed E-state index contributed by atoms with van der Waals surface area (Å²) in [5.74, 6) is 0.387. The molecule has 108 valence electrons. The summed E-state index contributed by atoms with van der Waals surface area (Å²) in [6.45, 7) is 17.0. The van der Waals surface area contributed by atoms with Gasteiger partial charge in [0.15, 0.2) is 0 Å². The lowest BCUT2D eigenvalue weighted by Gasteiger charge is -2.30. The van der Waals surface area contributed by atoms with Crippen LogP contribution in [-0.4, -0.2) is 42.3 Å². The molecule has 1 N–H and O–H groups in total. The number of likely N-dealkylation sites (N-methyl/N-ethyl adjacent to an activating group) is 1. The van der Waals surface area contributed by atoms with Crippen molar-refractivity contribution >= 4 is 6.09 Å². The van der Waals surface area contributed by atoms with E-state index in [4.69, 9.17) is 4.74 Å². The lowest BCUT2D eigenvalue weighted by molar-refractivity contribution is 0.0475. The molecule has 0 spiro atoms. The van der Waals surface area contributed by atoms with Crippen LogP contribution in [0.15, 0.2) is 0 Å². The van der Waals surface area contributed by atoms with E-state index in [-0.39, 0.29) is 12.1 Å². The third-order valence-electron chi connectivity index (χ3n) is 2.86. The van der Waals surface area contributed by atoms with E-state index in [1.165, 1.54) is 0 Å². The van der Waals surface area contributed by atoms with Crippen LogP contribution in [0.4, 0.5) is 4.79 Å². The van der Waals surface area contributed by atoms with Crippen molar-refractivity contribution in [2.45, 2.75) is 60.1 Å². The standard InChI is InChI=1S/C14H30N2O2/c1-8-16(9-2)10-12(11(3)4)15-13(17)18-14(5,6)7/h11-12H,8-10H2,1-7H3,(H,15,17). The van der Waals surface area contributed by atoms with Gasteiger partial charge in [-0.05, 0) is 39.8 Å². The lowest BCUT2D eigenvalue weighted by Crippen LogP contribution is -2.48. The third-order valence-corrected chi connectivity index (χ3v) is 2.86. The van der Waals surface area contributed by atoms with Crippen LogP contribution in [0.25, 0.3) is 0 Å². The Morgan fingerprint density at radius 3 is 2.06 bits per heavy atom. The van der Waals surface area contributed by atoms with Gasteiger partial charge in [0.1, 0.15) is 5.60 Å².